The number of aliphatic carboxylic acids is 2. The van der Waals surface area contributed by atoms with E-state index in [1.54, 1.807) is 0 Å². The van der Waals surface area contributed by atoms with Crippen molar-refractivity contribution < 1.29 is 158 Å². The summed E-state index contributed by atoms with van der Waals surface area (Å²) in [5.74, 6) is -13.3. The average Bonchev–Trinajstić information content (AvgIpc) is 2.00. The number of hydrogen-bond donors (Lipinski definition) is 21. The molecule has 5 aliphatic rings. The summed E-state index contributed by atoms with van der Waals surface area (Å²) in [6, 6.07) is -5.38. The van der Waals surface area contributed by atoms with Crippen LogP contribution in [-0.2, 0) is 71.3 Å². The van der Waals surface area contributed by atoms with Gasteiger partial charge >= 0.3 is 11.9 Å². The van der Waals surface area contributed by atoms with Crippen molar-refractivity contribution in [1.29, 1.82) is 0 Å². The van der Waals surface area contributed by atoms with Crippen molar-refractivity contribution in [2.75, 3.05) is 46.2 Å². The Labute approximate surface area is 472 Å². The smallest absolute Gasteiger partial charge is 0.364 e. The van der Waals surface area contributed by atoms with Gasteiger partial charge in [-0.15, -0.1) is 0 Å². The molecule has 0 radical (unpaired) electrons. The van der Waals surface area contributed by atoms with Gasteiger partial charge < -0.3 is 156 Å². The number of carbonyl (C=O) groups excluding carboxylic acids is 3. The van der Waals surface area contributed by atoms with Gasteiger partial charge in [-0.25, -0.2) is 9.59 Å². The highest BCUT2D eigenvalue weighted by Gasteiger charge is 2.62. The van der Waals surface area contributed by atoms with E-state index < -0.39 is 240 Å². The number of nitrogens with two attached hydrogens (primary N) is 1. The van der Waals surface area contributed by atoms with Crippen LogP contribution in [0.3, 0.4) is 0 Å². The summed E-state index contributed by atoms with van der Waals surface area (Å²) < 4.78 is 58.3. The minimum absolute atomic E-state index is 0.0611. The number of rotatable bonds is 28. The zero-order valence-electron chi connectivity index (χ0n) is 45.2. The maximum atomic E-state index is 13.2. The number of carbonyl (C=O) groups is 5. The largest absolute Gasteiger partial charge is 0.477 e. The predicted octanol–water partition coefficient (Wildman–Crippen LogP) is -11.9. The van der Waals surface area contributed by atoms with Gasteiger partial charge in [0.15, 0.2) is 18.9 Å². The first-order valence-corrected chi connectivity index (χ1v) is 26.5. The Hall–Kier alpha value is -3.69. The number of amides is 3. The van der Waals surface area contributed by atoms with Gasteiger partial charge in [0.05, 0.1) is 57.3 Å². The molecule has 480 valence electrons. The molecule has 83 heavy (non-hydrogen) atoms. The van der Waals surface area contributed by atoms with Crippen molar-refractivity contribution in [1.82, 2.24) is 16.0 Å². The van der Waals surface area contributed by atoms with E-state index in [1.807, 2.05) is 0 Å². The number of aliphatic hydroxyl groups excluding tert-OH is 15. The molecule has 5 aliphatic heterocycles. The van der Waals surface area contributed by atoms with Crippen LogP contribution in [0.25, 0.3) is 0 Å². The molecular formula is C47H80N4O32. The van der Waals surface area contributed by atoms with Crippen molar-refractivity contribution in [2.24, 2.45) is 5.73 Å². The highest BCUT2D eigenvalue weighted by atomic mass is 16.8. The van der Waals surface area contributed by atoms with Gasteiger partial charge in [-0.2, -0.15) is 0 Å². The third-order valence-corrected chi connectivity index (χ3v) is 14.6. The van der Waals surface area contributed by atoms with Crippen LogP contribution in [-0.4, -0.2) is 327 Å². The Bertz CT molecular complexity index is 2110. The normalized spacial score (nSPS) is 41.0. The lowest BCUT2D eigenvalue weighted by Gasteiger charge is -2.51. The van der Waals surface area contributed by atoms with E-state index in [-0.39, 0.29) is 6.61 Å². The number of carboxylic acid groups (broad SMARTS) is 2. The summed E-state index contributed by atoms with van der Waals surface area (Å²) in [5.41, 5.74) is 5.58. The number of carboxylic acids is 2. The third kappa shape index (κ3) is 16.5. The van der Waals surface area contributed by atoms with Crippen LogP contribution < -0.4 is 21.7 Å². The third-order valence-electron chi connectivity index (χ3n) is 14.6. The summed E-state index contributed by atoms with van der Waals surface area (Å²) in [4.78, 5) is 63.9. The Kier molecular flexibility index (Phi) is 26.0. The molecule has 0 unspecified atom stereocenters. The van der Waals surface area contributed by atoms with E-state index in [1.165, 1.54) is 0 Å². The Morgan fingerprint density at radius 3 is 1.47 bits per heavy atom. The minimum atomic E-state index is -3.28. The molecule has 36 nitrogen and oxygen atoms in total. The molecule has 27 atom stereocenters. The number of ether oxygens (including phenoxy) is 10. The van der Waals surface area contributed by atoms with Crippen LogP contribution in [0, 0.1) is 0 Å². The van der Waals surface area contributed by atoms with E-state index in [2.05, 4.69) is 16.0 Å². The van der Waals surface area contributed by atoms with Crippen molar-refractivity contribution in [3.8, 4) is 0 Å². The first-order chi connectivity index (χ1) is 39.0. The molecule has 0 aliphatic carbocycles. The van der Waals surface area contributed by atoms with Crippen molar-refractivity contribution >= 4 is 29.7 Å². The summed E-state index contributed by atoms with van der Waals surface area (Å²) in [7, 11) is 0. The molecule has 0 bridgehead atoms. The van der Waals surface area contributed by atoms with Crippen LogP contribution >= 0.6 is 0 Å². The summed E-state index contributed by atoms with van der Waals surface area (Å²) >= 11 is 0. The SMILES string of the molecule is CC(=O)N[C@H]1[C@H](O[C@H]2[C@@H](O)[C@@H](CO)O[C@@H](OCCCCCN)[C@@H]2O)O[C@H](CO[C@]2(C(=O)O)C[C@H](O)[C@@H](NC(C)=O)[C@H]([C@H](O)[C@H](O)CO)O2)[C@@H](O)[C@@H]1O[C@@H]1O[C@H](CO)[C@H](O)[C@H](O[C@]2(C(=O)O)C[C@@H](O)[C@@H](NC(C)=O)[C@@H]([C@@H](O)[C@@H](O)CO)O2)[C@H]1O. The quantitative estimate of drug-likeness (QED) is 0.0324. The van der Waals surface area contributed by atoms with Crippen LogP contribution in [0.2, 0.25) is 0 Å². The van der Waals surface area contributed by atoms with Crippen molar-refractivity contribution in [2.45, 2.75) is 217 Å². The maximum Gasteiger partial charge on any atom is 0.364 e. The fraction of sp³-hybridized carbons (Fsp3) is 0.894. The molecular weight excluding hydrogens is 1130 g/mol. The van der Waals surface area contributed by atoms with Gasteiger partial charge in [0.1, 0.15) is 110 Å². The summed E-state index contributed by atoms with van der Waals surface area (Å²) in [5, 5.41) is 192. The fourth-order valence-corrected chi connectivity index (χ4v) is 10.3. The molecule has 0 aromatic heterocycles. The number of hydrogen-bond acceptors (Lipinski definition) is 31. The number of unbranched alkanes of at least 4 members (excludes halogenated alkanes) is 2. The maximum absolute atomic E-state index is 13.2. The Balaban J connectivity index is 1.59. The fourth-order valence-electron chi connectivity index (χ4n) is 10.3. The molecule has 0 spiro atoms. The van der Waals surface area contributed by atoms with Crippen molar-refractivity contribution in [3.05, 3.63) is 0 Å². The van der Waals surface area contributed by atoms with E-state index in [9.17, 15) is 111 Å². The van der Waals surface area contributed by atoms with E-state index in [0.29, 0.717) is 25.8 Å². The van der Waals surface area contributed by atoms with Crippen LogP contribution in [0.4, 0.5) is 0 Å². The Morgan fingerprint density at radius 2 is 0.988 bits per heavy atom. The predicted molar refractivity (Wildman–Crippen MR) is 262 cm³/mol. The van der Waals surface area contributed by atoms with E-state index in [0.717, 1.165) is 20.8 Å². The van der Waals surface area contributed by atoms with Crippen molar-refractivity contribution in [3.63, 3.8) is 0 Å². The van der Waals surface area contributed by atoms with E-state index in [4.69, 9.17) is 53.1 Å². The standard InChI is InChI=1S/C47H80N4O32/c1-16(56)49-26-19(59)9-46(44(70)71,81-37(26)29(63)21(61)11-52)75-15-25-33(67)36(28(51-18(3)58)41(78-25)80-39-31(65)23(13-54)76-42(34(39)68)74-8-6-4-5-7-48)79-43-35(69)40(32(66)24(14-55)77-43)83-47(45(72)73)10-20(60)27(50-17(2)57)38(82-47)30(64)22(62)12-53/h19-43,52-55,59-69H,4-15,48H2,1-3H3,(H,49,56)(H,50,57)(H,51,58)(H,70,71)(H,72,73)/t19-,20+,21+,22-,23+,24+,25+,26+,27+,28+,29+,30-,31-,32-,33+,34+,35+,36+,37+,38-,39-,40-,41-,42+,43-,46+,47-/m0/s1. The molecule has 5 heterocycles. The highest BCUT2D eigenvalue weighted by molar-refractivity contribution is 5.77. The molecule has 5 rings (SSSR count). The second-order valence-electron chi connectivity index (χ2n) is 20.7. The first kappa shape index (κ1) is 70.1. The summed E-state index contributed by atoms with van der Waals surface area (Å²) in [6.07, 6.45) is -47.5. The van der Waals surface area contributed by atoms with Crippen LogP contribution in [0.1, 0.15) is 52.9 Å². The molecule has 0 aromatic rings. The van der Waals surface area contributed by atoms with Gasteiger partial charge in [0.25, 0.3) is 11.6 Å². The van der Waals surface area contributed by atoms with E-state index >= 15 is 0 Å². The first-order valence-electron chi connectivity index (χ1n) is 26.5. The molecule has 0 aromatic carbocycles. The van der Waals surface area contributed by atoms with Gasteiger partial charge in [-0.05, 0) is 25.8 Å². The van der Waals surface area contributed by atoms with Crippen LogP contribution in [0.15, 0.2) is 0 Å². The minimum Gasteiger partial charge on any atom is -0.477 e. The zero-order valence-corrected chi connectivity index (χ0v) is 45.2. The van der Waals surface area contributed by atoms with Gasteiger partial charge in [-0.1, -0.05) is 0 Å². The Morgan fingerprint density at radius 1 is 0.554 bits per heavy atom. The molecule has 5 fully saturated rings. The van der Waals surface area contributed by atoms with Gasteiger partial charge in [0.2, 0.25) is 17.7 Å². The summed E-state index contributed by atoms with van der Waals surface area (Å²) in [6.45, 7) is -2.53. The molecule has 5 saturated heterocycles. The monoisotopic (exact) mass is 1210 g/mol. The molecule has 0 saturated carbocycles. The second-order valence-corrected chi connectivity index (χ2v) is 20.7. The second kappa shape index (κ2) is 30.8. The molecule has 22 N–H and O–H groups in total. The highest BCUT2D eigenvalue weighted by Crippen LogP contribution is 2.40. The molecule has 3 amide bonds. The lowest BCUT2D eigenvalue weighted by atomic mass is 9.88. The van der Waals surface area contributed by atoms with Gasteiger partial charge in [0, 0.05) is 40.2 Å². The van der Waals surface area contributed by atoms with Gasteiger partial charge in [-0.3, -0.25) is 14.4 Å². The number of aliphatic hydroxyl groups is 15. The topological polar surface area (TPSA) is 584 Å². The zero-order chi connectivity index (χ0) is 62.0. The molecule has 36 heteroatoms. The lowest BCUT2D eigenvalue weighted by Crippen LogP contribution is -2.72. The van der Waals surface area contributed by atoms with Crippen LogP contribution in [0.5, 0.6) is 0 Å². The average molecular weight is 1210 g/mol. The number of nitrogens with one attached hydrogen (secondary N) is 3. The lowest BCUT2D eigenvalue weighted by molar-refractivity contribution is -0.388.